The maximum atomic E-state index is 12.4. The second-order valence-corrected chi connectivity index (χ2v) is 8.28. The highest BCUT2D eigenvalue weighted by Crippen LogP contribution is 2.23. The summed E-state index contributed by atoms with van der Waals surface area (Å²) in [6.45, 7) is 6.11. The molecule has 0 aliphatic heterocycles. The summed E-state index contributed by atoms with van der Waals surface area (Å²) in [6, 6.07) is 18.2. The fourth-order valence-electron chi connectivity index (χ4n) is 3.48. The predicted molar refractivity (Wildman–Crippen MR) is 121 cm³/mol. The maximum absolute atomic E-state index is 12.4. The zero-order valence-corrected chi connectivity index (χ0v) is 18.2. The van der Waals surface area contributed by atoms with Crippen LogP contribution in [0, 0.1) is 20.8 Å². The van der Waals surface area contributed by atoms with Crippen LogP contribution < -0.4 is 5.32 Å². The first kappa shape index (κ1) is 20.0. The number of anilines is 1. The minimum Gasteiger partial charge on any atom is -0.326 e. The molecular weight excluding hydrogens is 392 g/mol. The van der Waals surface area contributed by atoms with Gasteiger partial charge >= 0.3 is 0 Å². The normalized spacial score (nSPS) is 10.9. The highest BCUT2D eigenvalue weighted by Gasteiger charge is 2.16. The van der Waals surface area contributed by atoms with Crippen molar-refractivity contribution in [2.75, 3.05) is 5.32 Å². The van der Waals surface area contributed by atoms with E-state index < -0.39 is 0 Å². The Morgan fingerprint density at radius 1 is 1.07 bits per heavy atom. The smallest absolute Gasteiger partial charge is 0.230 e. The monoisotopic (exact) mass is 416 g/mol. The lowest BCUT2D eigenvalue weighted by molar-refractivity contribution is -0.115. The average molecular weight is 417 g/mol. The molecule has 1 amide bonds. The molecule has 4 rings (SSSR count). The third kappa shape index (κ3) is 4.49. The minimum atomic E-state index is -0.0735. The van der Waals surface area contributed by atoms with Gasteiger partial charge in [0.2, 0.25) is 11.0 Å². The molecule has 0 aliphatic rings. The van der Waals surface area contributed by atoms with Crippen LogP contribution in [0.15, 0.2) is 60.0 Å². The molecule has 0 atom stereocenters. The molecule has 6 heteroatoms. The lowest BCUT2D eigenvalue weighted by atomic mass is 10.0. The van der Waals surface area contributed by atoms with Gasteiger partial charge in [0, 0.05) is 28.7 Å². The molecule has 1 N–H and O–H groups in total. The van der Waals surface area contributed by atoms with Crippen molar-refractivity contribution in [3.05, 3.63) is 93.7 Å². The molecule has 0 spiro atoms. The first-order valence-corrected chi connectivity index (χ1v) is 10.8. The van der Waals surface area contributed by atoms with Gasteiger partial charge in [0.25, 0.3) is 0 Å². The Morgan fingerprint density at radius 3 is 2.63 bits per heavy atom. The molecule has 0 fully saturated rings. The van der Waals surface area contributed by atoms with Crippen LogP contribution in [0.1, 0.15) is 33.8 Å². The molecule has 0 aliphatic carbocycles. The molecule has 5 nitrogen and oxygen atoms in total. The second-order valence-electron chi connectivity index (χ2n) is 7.44. The maximum Gasteiger partial charge on any atom is 0.230 e. The number of rotatable bonds is 6. The molecule has 2 aromatic heterocycles. The number of hydrogen-bond acceptors (Lipinski definition) is 4. The lowest BCUT2D eigenvalue weighted by Gasteiger charge is -2.05. The van der Waals surface area contributed by atoms with E-state index in [4.69, 9.17) is 5.10 Å². The SMILES string of the molecule is Cc1cccc(NC(=O)Cc2csc(-n3nc(C)c(Cc4ccccc4)c3C)n2)c1. The summed E-state index contributed by atoms with van der Waals surface area (Å²) in [5.41, 5.74) is 7.23. The number of aromatic nitrogens is 3. The number of carbonyl (C=O) groups is 1. The molecule has 0 saturated heterocycles. The summed E-state index contributed by atoms with van der Waals surface area (Å²) in [5.74, 6) is -0.0735. The van der Waals surface area contributed by atoms with E-state index in [1.807, 2.05) is 54.2 Å². The average Bonchev–Trinajstić information content (AvgIpc) is 3.28. The second kappa shape index (κ2) is 8.63. The molecular formula is C24H24N4OS. The Morgan fingerprint density at radius 2 is 1.87 bits per heavy atom. The van der Waals surface area contributed by atoms with E-state index in [0.29, 0.717) is 0 Å². The fourth-order valence-corrected chi connectivity index (χ4v) is 4.31. The van der Waals surface area contributed by atoms with Crippen molar-refractivity contribution in [1.29, 1.82) is 0 Å². The zero-order valence-electron chi connectivity index (χ0n) is 17.3. The third-order valence-corrected chi connectivity index (χ3v) is 5.89. The number of nitrogens with zero attached hydrogens (tertiary/aromatic N) is 3. The molecule has 152 valence electrons. The highest BCUT2D eigenvalue weighted by atomic mass is 32.1. The number of benzene rings is 2. The molecule has 2 heterocycles. The van der Waals surface area contributed by atoms with E-state index >= 15 is 0 Å². The van der Waals surface area contributed by atoms with Crippen molar-refractivity contribution < 1.29 is 4.79 Å². The van der Waals surface area contributed by atoms with E-state index in [1.54, 1.807) is 0 Å². The van der Waals surface area contributed by atoms with E-state index in [2.05, 4.69) is 41.5 Å². The fraction of sp³-hybridized carbons (Fsp3) is 0.208. The Labute approximate surface area is 180 Å². The topological polar surface area (TPSA) is 59.8 Å². The van der Waals surface area contributed by atoms with Gasteiger partial charge in [0.05, 0.1) is 17.8 Å². The highest BCUT2D eigenvalue weighted by molar-refractivity contribution is 7.12. The van der Waals surface area contributed by atoms with Crippen molar-refractivity contribution in [2.24, 2.45) is 0 Å². The lowest BCUT2D eigenvalue weighted by Crippen LogP contribution is -2.14. The van der Waals surface area contributed by atoms with Gasteiger partial charge in [-0.2, -0.15) is 5.10 Å². The van der Waals surface area contributed by atoms with Gasteiger partial charge in [-0.1, -0.05) is 42.5 Å². The molecule has 4 aromatic rings. The quantitative estimate of drug-likeness (QED) is 0.480. The van der Waals surface area contributed by atoms with Crippen molar-refractivity contribution in [3.63, 3.8) is 0 Å². The van der Waals surface area contributed by atoms with Crippen LogP contribution in [0.3, 0.4) is 0 Å². The largest absolute Gasteiger partial charge is 0.326 e. The van der Waals surface area contributed by atoms with Gasteiger partial charge in [-0.15, -0.1) is 11.3 Å². The summed E-state index contributed by atoms with van der Waals surface area (Å²) in [7, 11) is 0. The van der Waals surface area contributed by atoms with Crippen molar-refractivity contribution in [2.45, 2.75) is 33.6 Å². The summed E-state index contributed by atoms with van der Waals surface area (Å²) >= 11 is 1.51. The van der Waals surface area contributed by atoms with Gasteiger partial charge in [-0.05, 0) is 44.0 Å². The van der Waals surface area contributed by atoms with Crippen LogP contribution >= 0.6 is 11.3 Å². The Hall–Kier alpha value is -3.25. The zero-order chi connectivity index (χ0) is 21.1. The number of amides is 1. The van der Waals surface area contributed by atoms with Gasteiger partial charge in [-0.3, -0.25) is 4.79 Å². The minimum absolute atomic E-state index is 0.0735. The molecule has 2 aromatic carbocycles. The first-order valence-electron chi connectivity index (χ1n) is 9.90. The van der Waals surface area contributed by atoms with Crippen LogP contribution in [0.4, 0.5) is 5.69 Å². The van der Waals surface area contributed by atoms with Crippen LogP contribution in [0.25, 0.3) is 5.13 Å². The standard InChI is InChI=1S/C24H24N4OS/c1-16-8-7-11-20(12-16)25-23(29)14-21-15-30-24(26-21)28-18(3)22(17(2)27-28)13-19-9-5-4-6-10-19/h4-12,15H,13-14H2,1-3H3,(H,25,29). The molecule has 0 radical (unpaired) electrons. The Bertz CT molecular complexity index is 1180. The molecule has 0 bridgehead atoms. The third-order valence-electron chi connectivity index (χ3n) is 5.03. The predicted octanol–water partition coefficient (Wildman–Crippen LogP) is 5.03. The van der Waals surface area contributed by atoms with Crippen molar-refractivity contribution >= 4 is 22.9 Å². The molecule has 30 heavy (non-hydrogen) atoms. The van der Waals surface area contributed by atoms with Crippen molar-refractivity contribution in [3.8, 4) is 5.13 Å². The summed E-state index contributed by atoms with van der Waals surface area (Å²) < 4.78 is 1.89. The number of hydrogen-bond donors (Lipinski definition) is 1. The van der Waals surface area contributed by atoms with Gasteiger partial charge < -0.3 is 5.32 Å². The Balaban J connectivity index is 1.48. The van der Waals surface area contributed by atoms with Gasteiger partial charge in [0.15, 0.2) is 0 Å². The number of thiazole rings is 1. The van der Waals surface area contributed by atoms with E-state index in [1.165, 1.54) is 22.5 Å². The van der Waals surface area contributed by atoms with Crippen LogP contribution in [-0.4, -0.2) is 20.7 Å². The number of nitrogens with one attached hydrogen (secondary N) is 1. The number of aryl methyl sites for hydroxylation is 2. The first-order chi connectivity index (χ1) is 14.5. The van der Waals surface area contributed by atoms with Crippen LogP contribution in [0.5, 0.6) is 0 Å². The van der Waals surface area contributed by atoms with Gasteiger partial charge in [0.1, 0.15) is 0 Å². The summed E-state index contributed by atoms with van der Waals surface area (Å²) in [5, 5.41) is 10.4. The summed E-state index contributed by atoms with van der Waals surface area (Å²) in [4.78, 5) is 17.1. The molecule has 0 saturated carbocycles. The van der Waals surface area contributed by atoms with Crippen molar-refractivity contribution in [1.82, 2.24) is 14.8 Å². The van der Waals surface area contributed by atoms with Gasteiger partial charge in [-0.25, -0.2) is 9.67 Å². The summed E-state index contributed by atoms with van der Waals surface area (Å²) in [6.07, 6.45) is 1.08. The number of carbonyl (C=O) groups excluding carboxylic acids is 1. The van der Waals surface area contributed by atoms with E-state index in [9.17, 15) is 4.79 Å². The van der Waals surface area contributed by atoms with E-state index in [-0.39, 0.29) is 12.3 Å². The van der Waals surface area contributed by atoms with Crippen LogP contribution in [0.2, 0.25) is 0 Å². The molecule has 0 unspecified atom stereocenters. The Kier molecular flexibility index (Phi) is 5.77. The van der Waals surface area contributed by atoms with E-state index in [0.717, 1.165) is 39.9 Å². The van der Waals surface area contributed by atoms with Crippen LogP contribution in [-0.2, 0) is 17.6 Å².